The number of β-lactam (4-membered cyclic amide) rings is 1. The van der Waals surface area contributed by atoms with Crippen molar-refractivity contribution in [3.8, 4) is 5.75 Å². The number of allylic oxidation sites excluding steroid dienone is 1. The molecular weight excluding hydrogens is 468 g/mol. The van der Waals surface area contributed by atoms with Gasteiger partial charge in [-0.25, -0.2) is 9.36 Å². The Morgan fingerprint density at radius 1 is 1.20 bits per heavy atom. The molecule has 0 saturated carbocycles. The molecule has 35 heavy (non-hydrogen) atoms. The van der Waals surface area contributed by atoms with E-state index >= 15 is 0 Å². The van der Waals surface area contributed by atoms with Crippen molar-refractivity contribution < 1.29 is 29.2 Å². The van der Waals surface area contributed by atoms with Crippen LogP contribution in [0.2, 0.25) is 0 Å². The predicted octanol–water partition coefficient (Wildman–Crippen LogP) is 0.968. The Morgan fingerprint density at radius 2 is 1.97 bits per heavy atom. The minimum Gasteiger partial charge on any atom is -0.508 e. The number of carbonyl (C=O) groups is 3. The summed E-state index contributed by atoms with van der Waals surface area (Å²) in [6.45, 7) is 1.61. The summed E-state index contributed by atoms with van der Waals surface area (Å²) in [5.74, 6) is -1.10. The number of phenols is 1. The molecule has 180 valence electrons. The molecule has 3 aliphatic rings. The number of hydrogen-bond donors (Lipinski definition) is 3. The van der Waals surface area contributed by atoms with E-state index in [0.717, 1.165) is 11.1 Å². The van der Waals surface area contributed by atoms with E-state index in [1.165, 1.54) is 16.7 Å². The first-order chi connectivity index (χ1) is 16.8. The number of nitrogens with zero attached hydrogens (tertiary/aromatic N) is 3. The number of carbonyl (C=O) groups excluding carboxylic acids is 2. The zero-order valence-corrected chi connectivity index (χ0v) is 19.6. The first-order valence-electron chi connectivity index (χ1n) is 11.2. The molecule has 1 aromatic heterocycles. The minimum atomic E-state index is -1.19. The molecule has 2 saturated heterocycles. The van der Waals surface area contributed by atoms with Gasteiger partial charge in [-0.3, -0.25) is 14.5 Å². The number of rotatable bonds is 6. The van der Waals surface area contributed by atoms with Crippen molar-refractivity contribution in [1.29, 1.82) is 0 Å². The van der Waals surface area contributed by atoms with Gasteiger partial charge in [-0.15, -0.1) is 11.8 Å². The third-order valence-corrected chi connectivity index (χ3v) is 7.74. The molecular formula is C25H25N4O5S+. The number of carboxylic acid groups (broad SMARTS) is 1. The standard InChI is InChI=1S/C25H24N4O5S/c26-20-23(32)29-21(25(33)34)18(14-35-24(20)29)11-17-6-9-28(22(17)31)13-15-4-7-27(8-5-15)12-16-2-1-3-19(30)10-16/h1-5,7-8,10-11,20,24H,6,9,12-14,26H2,(H-,30,33,34)/p+1/t20-,24-/m1/s1. The Hall–Kier alpha value is -3.63. The fraction of sp³-hybridized carbons (Fsp3) is 0.280. The second kappa shape index (κ2) is 9.20. The van der Waals surface area contributed by atoms with Gasteiger partial charge >= 0.3 is 5.97 Å². The second-order valence-corrected chi connectivity index (χ2v) is 9.91. The van der Waals surface area contributed by atoms with Crippen molar-refractivity contribution >= 4 is 29.5 Å². The van der Waals surface area contributed by atoms with Crippen LogP contribution in [0.15, 0.2) is 71.7 Å². The van der Waals surface area contributed by atoms with Gasteiger partial charge < -0.3 is 20.8 Å². The van der Waals surface area contributed by atoms with E-state index < -0.39 is 17.9 Å². The van der Waals surface area contributed by atoms with Crippen LogP contribution >= 0.6 is 11.8 Å². The van der Waals surface area contributed by atoms with Gasteiger partial charge in [0.1, 0.15) is 22.9 Å². The lowest BCUT2D eigenvalue weighted by Crippen LogP contribution is -2.68. The predicted molar refractivity (Wildman–Crippen MR) is 128 cm³/mol. The second-order valence-electron chi connectivity index (χ2n) is 8.81. The van der Waals surface area contributed by atoms with Crippen molar-refractivity contribution in [2.24, 2.45) is 5.73 Å². The average Bonchev–Trinajstić information content (AvgIpc) is 3.18. The van der Waals surface area contributed by atoms with Crippen LogP contribution in [0.3, 0.4) is 0 Å². The summed E-state index contributed by atoms with van der Waals surface area (Å²) >= 11 is 1.42. The molecule has 0 radical (unpaired) electrons. The van der Waals surface area contributed by atoms with Gasteiger partial charge in [-0.05, 0) is 35.8 Å². The van der Waals surface area contributed by atoms with Gasteiger partial charge in [0.25, 0.3) is 0 Å². The highest BCUT2D eigenvalue weighted by Gasteiger charge is 2.51. The van der Waals surface area contributed by atoms with E-state index in [0.29, 0.717) is 43.0 Å². The van der Waals surface area contributed by atoms with Gasteiger partial charge in [-0.1, -0.05) is 12.1 Å². The Kier molecular flexibility index (Phi) is 6.08. The van der Waals surface area contributed by atoms with Crippen LogP contribution in [0, 0.1) is 0 Å². The third-order valence-electron chi connectivity index (χ3n) is 6.41. The first-order valence-corrected chi connectivity index (χ1v) is 12.3. The van der Waals surface area contributed by atoms with E-state index in [4.69, 9.17) is 5.73 Å². The fourth-order valence-electron chi connectivity index (χ4n) is 4.60. The molecule has 1 aromatic carbocycles. The summed E-state index contributed by atoms with van der Waals surface area (Å²) in [6.07, 6.45) is 6.03. The highest BCUT2D eigenvalue weighted by molar-refractivity contribution is 8.00. The number of carboxylic acids is 1. The molecule has 0 bridgehead atoms. The molecule has 5 rings (SSSR count). The van der Waals surface area contributed by atoms with E-state index in [1.807, 2.05) is 35.2 Å². The summed E-state index contributed by atoms with van der Waals surface area (Å²) in [7, 11) is 0. The number of benzene rings is 1. The lowest BCUT2D eigenvalue weighted by Gasteiger charge is -2.47. The van der Waals surface area contributed by atoms with Gasteiger partial charge in [-0.2, -0.15) is 0 Å². The van der Waals surface area contributed by atoms with Crippen LogP contribution in [0.5, 0.6) is 5.75 Å². The number of aromatic hydroxyl groups is 1. The average molecular weight is 494 g/mol. The van der Waals surface area contributed by atoms with E-state index in [2.05, 4.69) is 0 Å². The van der Waals surface area contributed by atoms with Crippen LogP contribution in [-0.2, 0) is 27.5 Å². The first kappa shape index (κ1) is 23.1. The highest BCUT2D eigenvalue weighted by Crippen LogP contribution is 2.40. The zero-order chi connectivity index (χ0) is 24.7. The monoisotopic (exact) mass is 493 g/mol. The zero-order valence-electron chi connectivity index (χ0n) is 18.8. The number of amides is 2. The Labute approximate surface area is 206 Å². The lowest BCUT2D eigenvalue weighted by atomic mass is 10.0. The van der Waals surface area contributed by atoms with Gasteiger partial charge in [0.05, 0.1) is 0 Å². The number of aliphatic carboxylic acids is 1. The molecule has 2 aromatic rings. The SMILES string of the molecule is N[C@@H]1C(=O)N2C(C(=O)O)=C(C=C3CCN(Cc4cc[n+](Cc5cccc(O)c5)cc4)C3=O)CS[C@H]12. The van der Waals surface area contributed by atoms with Crippen molar-refractivity contribution in [1.82, 2.24) is 9.80 Å². The fourth-order valence-corrected chi connectivity index (χ4v) is 5.85. The van der Waals surface area contributed by atoms with Crippen molar-refractivity contribution in [2.45, 2.75) is 30.9 Å². The summed E-state index contributed by atoms with van der Waals surface area (Å²) < 4.78 is 1.99. The molecule has 0 aliphatic carbocycles. The van der Waals surface area contributed by atoms with Gasteiger partial charge in [0, 0.05) is 42.1 Å². The van der Waals surface area contributed by atoms with Crippen LogP contribution < -0.4 is 10.3 Å². The maximum atomic E-state index is 13.0. The summed E-state index contributed by atoms with van der Waals surface area (Å²) in [6, 6.07) is 10.3. The number of phenolic OH excluding ortho intramolecular Hbond substituents is 1. The Bertz CT molecular complexity index is 1270. The Morgan fingerprint density at radius 3 is 2.69 bits per heavy atom. The van der Waals surface area contributed by atoms with E-state index in [9.17, 15) is 24.6 Å². The maximum Gasteiger partial charge on any atom is 0.352 e. The molecule has 2 atom stereocenters. The molecule has 2 amide bonds. The van der Waals surface area contributed by atoms with Crippen molar-refractivity contribution in [3.63, 3.8) is 0 Å². The summed E-state index contributed by atoms with van der Waals surface area (Å²) in [5, 5.41) is 19.0. The smallest absolute Gasteiger partial charge is 0.352 e. The molecule has 4 heterocycles. The van der Waals surface area contributed by atoms with Crippen LogP contribution in [0.4, 0.5) is 0 Å². The third kappa shape index (κ3) is 4.42. The maximum absolute atomic E-state index is 13.0. The number of hydrogen-bond acceptors (Lipinski definition) is 6. The number of thioether (sulfide) groups is 1. The van der Waals surface area contributed by atoms with Gasteiger partial charge in [0.2, 0.25) is 11.8 Å². The number of nitrogens with two attached hydrogens (primary N) is 1. The van der Waals surface area contributed by atoms with Crippen LogP contribution in [0.1, 0.15) is 17.5 Å². The number of aromatic nitrogens is 1. The van der Waals surface area contributed by atoms with Crippen molar-refractivity contribution in [3.05, 3.63) is 82.8 Å². The van der Waals surface area contributed by atoms with Gasteiger partial charge in [0.15, 0.2) is 18.9 Å². The molecule has 0 unspecified atom stereocenters. The summed E-state index contributed by atoms with van der Waals surface area (Å²) in [5.41, 5.74) is 8.71. The summed E-state index contributed by atoms with van der Waals surface area (Å²) in [4.78, 5) is 40.0. The van der Waals surface area contributed by atoms with E-state index in [1.54, 1.807) is 29.2 Å². The largest absolute Gasteiger partial charge is 0.508 e. The molecule has 10 heteroatoms. The quantitative estimate of drug-likeness (QED) is 0.311. The van der Waals surface area contributed by atoms with E-state index in [-0.39, 0.29) is 22.7 Å². The molecule has 2 fully saturated rings. The topological polar surface area (TPSA) is 128 Å². The minimum absolute atomic E-state index is 0.0708. The highest BCUT2D eigenvalue weighted by atomic mass is 32.2. The lowest BCUT2D eigenvalue weighted by molar-refractivity contribution is -0.688. The molecule has 9 nitrogen and oxygen atoms in total. The van der Waals surface area contributed by atoms with Crippen LogP contribution in [-0.4, -0.2) is 61.5 Å². The number of pyridine rings is 1. The number of fused-ring (bicyclic) bond motifs is 1. The molecule has 3 aliphatic heterocycles. The van der Waals surface area contributed by atoms with Crippen molar-refractivity contribution in [2.75, 3.05) is 12.3 Å². The number of likely N-dealkylation sites (tertiary alicyclic amines) is 1. The molecule has 4 N–H and O–H groups in total. The Balaban J connectivity index is 1.27. The normalized spacial score (nSPS) is 23.1. The van der Waals surface area contributed by atoms with Crippen LogP contribution in [0.25, 0.3) is 0 Å². The molecule has 0 spiro atoms.